The van der Waals surface area contributed by atoms with E-state index in [1.165, 1.54) is 0 Å². The third kappa shape index (κ3) is 9.31. The molecule has 0 radical (unpaired) electrons. The van der Waals surface area contributed by atoms with Crippen molar-refractivity contribution in [2.75, 3.05) is 26.2 Å². The van der Waals surface area contributed by atoms with Gasteiger partial charge in [0.1, 0.15) is 0 Å². The zero-order valence-corrected chi connectivity index (χ0v) is 6.66. The SMILES string of the molecule is O=C(O)CNCCNCC(O)O. The Hall–Kier alpha value is -0.690. The molecule has 0 saturated heterocycles. The molecule has 0 aromatic rings. The van der Waals surface area contributed by atoms with Crippen LogP contribution >= 0.6 is 0 Å². The molecule has 0 aliphatic heterocycles. The maximum Gasteiger partial charge on any atom is 0.317 e. The predicted octanol–water partition coefficient (Wildman–Crippen LogP) is -2.44. The van der Waals surface area contributed by atoms with Crippen molar-refractivity contribution >= 4 is 5.97 Å². The second-order valence-electron chi connectivity index (χ2n) is 2.26. The van der Waals surface area contributed by atoms with E-state index in [0.29, 0.717) is 13.1 Å². The molecule has 0 spiro atoms. The van der Waals surface area contributed by atoms with Gasteiger partial charge in [-0.3, -0.25) is 4.79 Å². The molecule has 0 unspecified atom stereocenters. The van der Waals surface area contributed by atoms with Crippen molar-refractivity contribution < 1.29 is 20.1 Å². The van der Waals surface area contributed by atoms with E-state index in [9.17, 15) is 4.79 Å². The first kappa shape index (κ1) is 11.3. The Morgan fingerprint density at radius 1 is 1.25 bits per heavy atom. The lowest BCUT2D eigenvalue weighted by Crippen LogP contribution is -2.34. The topological polar surface area (TPSA) is 102 Å². The van der Waals surface area contributed by atoms with Crippen LogP contribution in [0.2, 0.25) is 0 Å². The summed E-state index contributed by atoms with van der Waals surface area (Å²) in [5, 5.41) is 30.3. The smallest absolute Gasteiger partial charge is 0.317 e. The Balaban J connectivity index is 2.96. The van der Waals surface area contributed by atoms with Gasteiger partial charge in [-0.2, -0.15) is 0 Å². The molecule has 0 aliphatic rings. The van der Waals surface area contributed by atoms with Crippen LogP contribution in [-0.2, 0) is 4.79 Å². The molecule has 6 heteroatoms. The normalized spacial score (nSPS) is 10.6. The molecule has 0 bridgehead atoms. The van der Waals surface area contributed by atoms with Gasteiger partial charge in [0.25, 0.3) is 0 Å². The molecular weight excluding hydrogens is 164 g/mol. The molecule has 0 saturated carbocycles. The van der Waals surface area contributed by atoms with E-state index in [1.54, 1.807) is 0 Å². The van der Waals surface area contributed by atoms with Crippen LogP contribution in [0.1, 0.15) is 0 Å². The molecule has 12 heavy (non-hydrogen) atoms. The molecular formula is C6H14N2O4. The monoisotopic (exact) mass is 178 g/mol. The maximum atomic E-state index is 9.98. The van der Waals surface area contributed by atoms with Gasteiger partial charge >= 0.3 is 5.97 Å². The zero-order valence-electron chi connectivity index (χ0n) is 6.66. The number of nitrogens with one attached hydrogen (secondary N) is 2. The molecule has 72 valence electrons. The molecule has 0 fully saturated rings. The Morgan fingerprint density at radius 3 is 2.33 bits per heavy atom. The van der Waals surface area contributed by atoms with Gasteiger partial charge in [-0.15, -0.1) is 0 Å². The molecule has 0 rings (SSSR count). The van der Waals surface area contributed by atoms with Gasteiger partial charge in [0, 0.05) is 19.6 Å². The van der Waals surface area contributed by atoms with E-state index in [-0.39, 0.29) is 13.1 Å². The van der Waals surface area contributed by atoms with Crippen molar-refractivity contribution in [1.82, 2.24) is 10.6 Å². The molecule has 0 amide bonds. The lowest BCUT2D eigenvalue weighted by atomic mass is 10.5. The van der Waals surface area contributed by atoms with Gasteiger partial charge in [-0.1, -0.05) is 0 Å². The van der Waals surface area contributed by atoms with Gasteiger partial charge in [0.05, 0.1) is 6.54 Å². The number of hydrogen-bond donors (Lipinski definition) is 5. The number of aliphatic carboxylic acids is 1. The van der Waals surface area contributed by atoms with Gasteiger partial charge in [-0.05, 0) is 0 Å². The average Bonchev–Trinajstić information content (AvgIpc) is 1.95. The number of hydrogen-bond acceptors (Lipinski definition) is 5. The summed E-state index contributed by atoms with van der Waals surface area (Å²) in [6.07, 6.45) is -1.36. The minimum Gasteiger partial charge on any atom is -0.480 e. The van der Waals surface area contributed by atoms with E-state index >= 15 is 0 Å². The van der Waals surface area contributed by atoms with Gasteiger partial charge in [0.15, 0.2) is 6.29 Å². The highest BCUT2D eigenvalue weighted by Gasteiger charge is 1.96. The van der Waals surface area contributed by atoms with E-state index in [0.717, 1.165) is 0 Å². The van der Waals surface area contributed by atoms with Crippen molar-refractivity contribution in [3.8, 4) is 0 Å². The van der Waals surface area contributed by atoms with Crippen LogP contribution < -0.4 is 10.6 Å². The molecule has 6 nitrogen and oxygen atoms in total. The summed E-state index contributed by atoms with van der Waals surface area (Å²) in [5.41, 5.74) is 0. The second kappa shape index (κ2) is 6.99. The van der Waals surface area contributed by atoms with E-state index in [4.69, 9.17) is 15.3 Å². The molecule has 0 aromatic carbocycles. The maximum absolute atomic E-state index is 9.98. The molecule has 5 N–H and O–H groups in total. The van der Waals surface area contributed by atoms with Crippen molar-refractivity contribution in [1.29, 1.82) is 0 Å². The van der Waals surface area contributed by atoms with Crippen molar-refractivity contribution in [3.63, 3.8) is 0 Å². The van der Waals surface area contributed by atoms with Crippen LogP contribution in [0, 0.1) is 0 Å². The van der Waals surface area contributed by atoms with E-state index < -0.39 is 12.3 Å². The summed E-state index contributed by atoms with van der Waals surface area (Å²) in [6.45, 7) is 1.00. The first-order valence-corrected chi connectivity index (χ1v) is 3.62. The highest BCUT2D eigenvalue weighted by molar-refractivity contribution is 5.68. The van der Waals surface area contributed by atoms with Crippen LogP contribution in [-0.4, -0.2) is 53.8 Å². The zero-order chi connectivity index (χ0) is 9.40. The minimum absolute atomic E-state index is 0.0800. The summed E-state index contributed by atoms with van der Waals surface area (Å²) in [4.78, 5) is 9.98. The molecule has 0 atom stereocenters. The third-order valence-corrected chi connectivity index (χ3v) is 1.08. The van der Waals surface area contributed by atoms with Crippen LogP contribution in [0.3, 0.4) is 0 Å². The second-order valence-corrected chi connectivity index (χ2v) is 2.26. The number of carboxylic acids is 1. The predicted molar refractivity (Wildman–Crippen MR) is 41.6 cm³/mol. The van der Waals surface area contributed by atoms with Crippen LogP contribution in [0.4, 0.5) is 0 Å². The lowest BCUT2D eigenvalue weighted by molar-refractivity contribution is -0.135. The average molecular weight is 178 g/mol. The summed E-state index contributed by atoms with van der Waals surface area (Å²) in [7, 11) is 0. The Bertz CT molecular complexity index is 129. The molecule has 0 aliphatic carbocycles. The fourth-order valence-corrected chi connectivity index (χ4v) is 0.603. The number of carboxylic acid groups (broad SMARTS) is 1. The highest BCUT2D eigenvalue weighted by atomic mass is 16.5. The lowest BCUT2D eigenvalue weighted by Gasteiger charge is -2.05. The highest BCUT2D eigenvalue weighted by Crippen LogP contribution is 1.68. The summed E-state index contributed by atoms with van der Waals surface area (Å²) >= 11 is 0. The van der Waals surface area contributed by atoms with Crippen LogP contribution in [0.15, 0.2) is 0 Å². The largest absolute Gasteiger partial charge is 0.480 e. The fraction of sp³-hybridized carbons (Fsp3) is 0.833. The number of rotatable bonds is 7. The number of aliphatic hydroxyl groups excluding tert-OH is 1. The Labute approximate surface area is 70.2 Å². The number of carbonyl (C=O) groups is 1. The fourth-order valence-electron chi connectivity index (χ4n) is 0.603. The van der Waals surface area contributed by atoms with Crippen LogP contribution in [0.25, 0.3) is 0 Å². The van der Waals surface area contributed by atoms with Gasteiger partial charge < -0.3 is 26.0 Å². The quantitative estimate of drug-likeness (QED) is 0.219. The van der Waals surface area contributed by atoms with Gasteiger partial charge in [0.2, 0.25) is 0 Å². The first-order chi connectivity index (χ1) is 5.63. The first-order valence-electron chi connectivity index (χ1n) is 3.62. The Kier molecular flexibility index (Phi) is 6.58. The Morgan fingerprint density at radius 2 is 1.83 bits per heavy atom. The van der Waals surface area contributed by atoms with Crippen molar-refractivity contribution in [2.24, 2.45) is 0 Å². The number of aliphatic hydroxyl groups is 2. The third-order valence-electron chi connectivity index (χ3n) is 1.08. The summed E-state index contributed by atoms with van der Waals surface area (Å²) < 4.78 is 0. The summed E-state index contributed by atoms with van der Waals surface area (Å²) in [6, 6.07) is 0. The van der Waals surface area contributed by atoms with Crippen molar-refractivity contribution in [3.05, 3.63) is 0 Å². The minimum atomic E-state index is -1.36. The molecule has 0 heterocycles. The standard InChI is InChI=1S/C6H14N2O4/c9-5(10)3-7-1-2-8-4-6(11)12/h5,7-10H,1-4H2,(H,11,12). The van der Waals surface area contributed by atoms with Gasteiger partial charge in [-0.25, -0.2) is 0 Å². The van der Waals surface area contributed by atoms with E-state index in [1.807, 2.05) is 0 Å². The summed E-state index contributed by atoms with van der Waals surface area (Å²) in [5.74, 6) is -0.905. The van der Waals surface area contributed by atoms with Crippen molar-refractivity contribution in [2.45, 2.75) is 6.29 Å². The molecule has 0 aromatic heterocycles. The van der Waals surface area contributed by atoms with E-state index in [2.05, 4.69) is 10.6 Å². The van der Waals surface area contributed by atoms with Crippen LogP contribution in [0.5, 0.6) is 0 Å².